The van der Waals surface area contributed by atoms with Gasteiger partial charge in [-0.3, -0.25) is 4.68 Å². The van der Waals surface area contributed by atoms with Gasteiger partial charge in [-0.05, 0) is 20.8 Å². The maximum absolute atomic E-state index is 4.62. The van der Waals surface area contributed by atoms with Gasteiger partial charge in [0.1, 0.15) is 0 Å². The number of nitrogens with one attached hydrogen (secondary N) is 1. The summed E-state index contributed by atoms with van der Waals surface area (Å²) in [7, 11) is 0. The third kappa shape index (κ3) is 3.28. The molecule has 0 aliphatic heterocycles. The Bertz CT molecular complexity index is 547. The van der Waals surface area contributed by atoms with E-state index in [4.69, 9.17) is 0 Å². The lowest BCUT2D eigenvalue weighted by Crippen LogP contribution is -2.25. The predicted octanol–water partition coefficient (Wildman–Crippen LogP) is 3.80. The molecule has 0 fully saturated rings. The molecular formula is C17H25N3. The van der Waals surface area contributed by atoms with Gasteiger partial charge in [0.15, 0.2) is 0 Å². The maximum atomic E-state index is 4.62. The standard InChI is InChI=1S/C17H25N3/c1-13(2)18-11-15-12-19-20(17(3,4)5)16(15)14-9-7-6-8-10-14/h6-10,12-13,18H,11H2,1-5H3. The monoisotopic (exact) mass is 271 g/mol. The van der Waals surface area contributed by atoms with Crippen LogP contribution in [-0.4, -0.2) is 15.8 Å². The number of hydrogen-bond donors (Lipinski definition) is 1. The molecule has 0 saturated carbocycles. The van der Waals surface area contributed by atoms with Crippen LogP contribution in [0.1, 0.15) is 40.2 Å². The summed E-state index contributed by atoms with van der Waals surface area (Å²) in [5.74, 6) is 0. The number of nitrogens with zero attached hydrogens (tertiary/aromatic N) is 2. The molecule has 1 aromatic carbocycles. The van der Waals surface area contributed by atoms with Crippen LogP contribution in [0.15, 0.2) is 36.5 Å². The Hall–Kier alpha value is -1.61. The van der Waals surface area contributed by atoms with Crippen molar-refractivity contribution in [3.63, 3.8) is 0 Å². The van der Waals surface area contributed by atoms with Gasteiger partial charge in [-0.1, -0.05) is 44.2 Å². The quantitative estimate of drug-likeness (QED) is 0.916. The van der Waals surface area contributed by atoms with Crippen molar-refractivity contribution in [2.45, 2.75) is 52.7 Å². The Morgan fingerprint density at radius 1 is 1.15 bits per heavy atom. The highest BCUT2D eigenvalue weighted by molar-refractivity contribution is 5.63. The Labute approximate surface area is 122 Å². The first-order chi connectivity index (χ1) is 9.39. The Morgan fingerprint density at radius 3 is 2.35 bits per heavy atom. The minimum absolute atomic E-state index is 0.0265. The molecule has 1 heterocycles. The van der Waals surface area contributed by atoms with Crippen LogP contribution in [0.3, 0.4) is 0 Å². The van der Waals surface area contributed by atoms with E-state index in [1.807, 2.05) is 12.3 Å². The Morgan fingerprint density at radius 2 is 1.80 bits per heavy atom. The molecule has 0 saturated heterocycles. The molecule has 20 heavy (non-hydrogen) atoms. The van der Waals surface area contributed by atoms with Crippen molar-refractivity contribution in [2.24, 2.45) is 0 Å². The molecule has 108 valence electrons. The minimum atomic E-state index is -0.0265. The van der Waals surface area contributed by atoms with Gasteiger partial charge < -0.3 is 5.32 Å². The zero-order valence-electron chi connectivity index (χ0n) is 13.1. The molecule has 0 aliphatic rings. The number of aromatic nitrogens is 2. The van der Waals surface area contributed by atoms with Gasteiger partial charge in [0.05, 0.1) is 17.4 Å². The largest absolute Gasteiger partial charge is 0.310 e. The first kappa shape index (κ1) is 14.8. The molecule has 2 aromatic rings. The van der Waals surface area contributed by atoms with Crippen LogP contribution in [-0.2, 0) is 12.1 Å². The topological polar surface area (TPSA) is 29.9 Å². The maximum Gasteiger partial charge on any atom is 0.0733 e. The van der Waals surface area contributed by atoms with Crippen LogP contribution in [0.2, 0.25) is 0 Å². The SMILES string of the molecule is CC(C)NCc1cnn(C(C)(C)C)c1-c1ccccc1. The lowest BCUT2D eigenvalue weighted by molar-refractivity contribution is 0.360. The molecule has 2 rings (SSSR count). The van der Waals surface area contributed by atoms with Crippen LogP contribution in [0.5, 0.6) is 0 Å². The second-order valence-electron chi connectivity index (χ2n) is 6.50. The lowest BCUT2D eigenvalue weighted by Gasteiger charge is -2.23. The summed E-state index contributed by atoms with van der Waals surface area (Å²) in [6.07, 6.45) is 1.99. The average Bonchev–Trinajstić information content (AvgIpc) is 2.81. The summed E-state index contributed by atoms with van der Waals surface area (Å²) in [5, 5.41) is 8.10. The summed E-state index contributed by atoms with van der Waals surface area (Å²) in [6, 6.07) is 11.0. The van der Waals surface area contributed by atoms with Crippen molar-refractivity contribution in [2.75, 3.05) is 0 Å². The van der Waals surface area contributed by atoms with Gasteiger partial charge >= 0.3 is 0 Å². The Kier molecular flexibility index (Phi) is 4.29. The van der Waals surface area contributed by atoms with E-state index in [1.165, 1.54) is 16.8 Å². The zero-order valence-corrected chi connectivity index (χ0v) is 13.1. The zero-order chi connectivity index (χ0) is 14.8. The summed E-state index contributed by atoms with van der Waals surface area (Å²) >= 11 is 0. The summed E-state index contributed by atoms with van der Waals surface area (Å²) < 4.78 is 2.12. The molecule has 0 atom stereocenters. The van der Waals surface area contributed by atoms with E-state index in [0.717, 1.165) is 6.54 Å². The first-order valence-corrected chi connectivity index (χ1v) is 7.26. The van der Waals surface area contributed by atoms with E-state index in [0.29, 0.717) is 6.04 Å². The second-order valence-corrected chi connectivity index (χ2v) is 6.50. The van der Waals surface area contributed by atoms with Crippen LogP contribution >= 0.6 is 0 Å². The molecule has 3 heteroatoms. The van der Waals surface area contributed by atoms with E-state index in [-0.39, 0.29) is 5.54 Å². The summed E-state index contributed by atoms with van der Waals surface area (Å²) in [4.78, 5) is 0. The summed E-state index contributed by atoms with van der Waals surface area (Å²) in [6.45, 7) is 11.7. The fraction of sp³-hybridized carbons (Fsp3) is 0.471. The molecule has 0 aliphatic carbocycles. The summed E-state index contributed by atoms with van der Waals surface area (Å²) in [5.41, 5.74) is 3.66. The van der Waals surface area contributed by atoms with Crippen LogP contribution < -0.4 is 5.32 Å². The fourth-order valence-corrected chi connectivity index (χ4v) is 2.24. The second kappa shape index (κ2) is 5.80. The van der Waals surface area contributed by atoms with Gasteiger partial charge in [-0.15, -0.1) is 0 Å². The third-order valence-electron chi connectivity index (χ3n) is 3.23. The van der Waals surface area contributed by atoms with Gasteiger partial charge in [0.2, 0.25) is 0 Å². The van der Waals surface area contributed by atoms with E-state index in [2.05, 4.69) is 74.0 Å². The van der Waals surface area contributed by atoms with Crippen molar-refractivity contribution in [3.05, 3.63) is 42.1 Å². The third-order valence-corrected chi connectivity index (χ3v) is 3.23. The minimum Gasteiger partial charge on any atom is -0.310 e. The number of hydrogen-bond acceptors (Lipinski definition) is 2. The smallest absolute Gasteiger partial charge is 0.0733 e. The highest BCUT2D eigenvalue weighted by Gasteiger charge is 2.21. The van der Waals surface area contributed by atoms with E-state index in [9.17, 15) is 0 Å². The first-order valence-electron chi connectivity index (χ1n) is 7.26. The van der Waals surface area contributed by atoms with Crippen molar-refractivity contribution in [3.8, 4) is 11.3 Å². The number of rotatable bonds is 4. The van der Waals surface area contributed by atoms with Crippen LogP contribution in [0.4, 0.5) is 0 Å². The Balaban J connectivity index is 2.46. The van der Waals surface area contributed by atoms with Crippen molar-refractivity contribution < 1.29 is 0 Å². The molecule has 3 nitrogen and oxygen atoms in total. The highest BCUT2D eigenvalue weighted by atomic mass is 15.3. The number of benzene rings is 1. The van der Waals surface area contributed by atoms with E-state index >= 15 is 0 Å². The predicted molar refractivity (Wildman–Crippen MR) is 84.6 cm³/mol. The van der Waals surface area contributed by atoms with Crippen molar-refractivity contribution in [1.82, 2.24) is 15.1 Å². The van der Waals surface area contributed by atoms with Crippen LogP contribution in [0.25, 0.3) is 11.3 Å². The van der Waals surface area contributed by atoms with Crippen molar-refractivity contribution >= 4 is 0 Å². The molecule has 0 bridgehead atoms. The van der Waals surface area contributed by atoms with E-state index in [1.54, 1.807) is 0 Å². The molecule has 0 amide bonds. The molecule has 0 radical (unpaired) electrons. The molecular weight excluding hydrogens is 246 g/mol. The molecule has 1 N–H and O–H groups in total. The van der Waals surface area contributed by atoms with E-state index < -0.39 is 0 Å². The van der Waals surface area contributed by atoms with Gasteiger partial charge in [0.25, 0.3) is 0 Å². The van der Waals surface area contributed by atoms with Gasteiger partial charge in [-0.2, -0.15) is 5.10 Å². The fourth-order valence-electron chi connectivity index (χ4n) is 2.24. The van der Waals surface area contributed by atoms with Gasteiger partial charge in [-0.25, -0.2) is 0 Å². The molecule has 0 spiro atoms. The van der Waals surface area contributed by atoms with Crippen LogP contribution in [0, 0.1) is 0 Å². The average molecular weight is 271 g/mol. The lowest BCUT2D eigenvalue weighted by atomic mass is 10.0. The van der Waals surface area contributed by atoms with Crippen molar-refractivity contribution in [1.29, 1.82) is 0 Å². The normalized spacial score (nSPS) is 12.1. The molecule has 1 aromatic heterocycles. The van der Waals surface area contributed by atoms with Gasteiger partial charge in [0, 0.05) is 23.7 Å². The molecule has 0 unspecified atom stereocenters. The highest BCUT2D eigenvalue weighted by Crippen LogP contribution is 2.28.